The fourth-order valence-corrected chi connectivity index (χ4v) is 2.26. The monoisotopic (exact) mass is 420 g/mol. The van der Waals surface area contributed by atoms with Crippen LogP contribution >= 0.6 is 0 Å². The van der Waals surface area contributed by atoms with E-state index < -0.39 is 42.6 Å². The fraction of sp³-hybridized carbons (Fsp3) is 0.286. The Kier molecular flexibility index (Phi) is 8.74. The van der Waals surface area contributed by atoms with Crippen molar-refractivity contribution in [2.24, 2.45) is 0 Å². The van der Waals surface area contributed by atoms with Gasteiger partial charge in [-0.05, 0) is 42.8 Å². The lowest BCUT2D eigenvalue weighted by atomic mass is 10.2. The predicted octanol–water partition coefficient (Wildman–Crippen LogP) is 3.06. The number of anilines is 1. The highest BCUT2D eigenvalue weighted by atomic mass is 19.2. The van der Waals surface area contributed by atoms with Gasteiger partial charge in [-0.25, -0.2) is 8.78 Å². The minimum absolute atomic E-state index is 0.0189. The maximum atomic E-state index is 13.1. The molecule has 0 aromatic heterocycles. The van der Waals surface area contributed by atoms with Crippen LogP contribution in [0.1, 0.15) is 30.1 Å². The average Bonchev–Trinajstić information content (AvgIpc) is 2.74. The molecule has 0 spiro atoms. The summed E-state index contributed by atoms with van der Waals surface area (Å²) in [6.45, 7) is 1.57. The molecular weight excluding hydrogens is 398 g/mol. The number of esters is 1. The summed E-state index contributed by atoms with van der Waals surface area (Å²) in [5.41, 5.74) is 0.354. The number of amides is 2. The minimum atomic E-state index is -1.12. The number of carbonyl (C=O) groups is 3. The van der Waals surface area contributed by atoms with E-state index in [1.54, 1.807) is 24.3 Å². The number of ether oxygens (including phenoxy) is 2. The van der Waals surface area contributed by atoms with Crippen LogP contribution in [0, 0.1) is 11.6 Å². The maximum Gasteiger partial charge on any atom is 0.325 e. The van der Waals surface area contributed by atoms with Crippen molar-refractivity contribution in [3.8, 4) is 5.75 Å². The third kappa shape index (κ3) is 7.50. The Balaban J connectivity index is 1.71. The Hall–Kier alpha value is -3.49. The zero-order chi connectivity index (χ0) is 21.9. The van der Waals surface area contributed by atoms with E-state index in [-0.39, 0.29) is 5.69 Å². The normalized spacial score (nSPS) is 10.2. The first-order chi connectivity index (χ1) is 14.4. The summed E-state index contributed by atoms with van der Waals surface area (Å²) in [7, 11) is 0. The van der Waals surface area contributed by atoms with Gasteiger partial charge in [-0.1, -0.05) is 13.3 Å². The quantitative estimate of drug-likeness (QED) is 0.455. The van der Waals surface area contributed by atoms with E-state index in [0.29, 0.717) is 17.9 Å². The molecule has 0 aliphatic heterocycles. The van der Waals surface area contributed by atoms with Crippen molar-refractivity contribution in [1.29, 1.82) is 0 Å². The van der Waals surface area contributed by atoms with Crippen LogP contribution in [0.4, 0.5) is 14.5 Å². The highest BCUT2D eigenvalue weighted by Crippen LogP contribution is 2.13. The van der Waals surface area contributed by atoms with Crippen molar-refractivity contribution < 1.29 is 32.6 Å². The Morgan fingerprint density at radius 1 is 1.00 bits per heavy atom. The van der Waals surface area contributed by atoms with Crippen molar-refractivity contribution in [1.82, 2.24) is 5.32 Å². The van der Waals surface area contributed by atoms with Crippen molar-refractivity contribution >= 4 is 23.5 Å². The fourth-order valence-electron chi connectivity index (χ4n) is 2.26. The number of nitrogens with one attached hydrogen (secondary N) is 2. The van der Waals surface area contributed by atoms with Gasteiger partial charge in [-0.3, -0.25) is 14.4 Å². The number of unbranched alkanes of at least 4 members (excludes halogenated alkanes) is 1. The first-order valence-electron chi connectivity index (χ1n) is 9.30. The van der Waals surface area contributed by atoms with Gasteiger partial charge >= 0.3 is 5.97 Å². The van der Waals surface area contributed by atoms with E-state index in [1.165, 1.54) is 6.07 Å². The molecule has 0 saturated carbocycles. The number of hydrogen-bond acceptors (Lipinski definition) is 5. The van der Waals surface area contributed by atoms with Crippen LogP contribution in [-0.4, -0.2) is 37.5 Å². The number of benzene rings is 2. The third-order valence-electron chi connectivity index (χ3n) is 3.84. The first-order valence-corrected chi connectivity index (χ1v) is 9.30. The summed E-state index contributed by atoms with van der Waals surface area (Å²) in [6.07, 6.45) is 1.95. The molecule has 30 heavy (non-hydrogen) atoms. The van der Waals surface area contributed by atoms with E-state index in [2.05, 4.69) is 17.6 Å². The molecule has 160 valence electrons. The second-order valence-electron chi connectivity index (χ2n) is 6.25. The molecule has 7 nitrogen and oxygen atoms in total. The molecule has 0 aliphatic carbocycles. The molecular formula is C21H22F2N2O5. The SMILES string of the molecule is CCCCOc1ccc(C(=O)NCC(=O)OCC(=O)Nc2ccc(F)c(F)c2)cc1. The van der Waals surface area contributed by atoms with E-state index >= 15 is 0 Å². The van der Waals surface area contributed by atoms with Gasteiger partial charge in [0.15, 0.2) is 18.2 Å². The van der Waals surface area contributed by atoms with Crippen LogP contribution < -0.4 is 15.4 Å². The van der Waals surface area contributed by atoms with Gasteiger partial charge in [0.1, 0.15) is 12.3 Å². The number of rotatable bonds is 10. The molecule has 0 heterocycles. The van der Waals surface area contributed by atoms with Gasteiger partial charge in [0.2, 0.25) is 0 Å². The highest BCUT2D eigenvalue weighted by Gasteiger charge is 2.12. The molecule has 0 unspecified atom stereocenters. The second-order valence-corrected chi connectivity index (χ2v) is 6.25. The summed E-state index contributed by atoms with van der Waals surface area (Å²) in [6, 6.07) is 9.27. The molecule has 2 amide bonds. The molecule has 0 fully saturated rings. The van der Waals surface area contributed by atoms with E-state index in [1.807, 2.05) is 0 Å². The third-order valence-corrected chi connectivity index (χ3v) is 3.84. The molecule has 2 aromatic rings. The molecule has 0 bridgehead atoms. The number of halogens is 2. The number of carbonyl (C=O) groups excluding carboxylic acids is 3. The summed E-state index contributed by atoms with van der Waals surface area (Å²) in [5.74, 6) is -3.57. The predicted molar refractivity (Wildman–Crippen MR) is 105 cm³/mol. The summed E-state index contributed by atoms with van der Waals surface area (Å²) in [4.78, 5) is 35.4. The van der Waals surface area contributed by atoms with E-state index in [9.17, 15) is 23.2 Å². The lowest BCUT2D eigenvalue weighted by Gasteiger charge is -2.09. The highest BCUT2D eigenvalue weighted by molar-refractivity contribution is 5.96. The minimum Gasteiger partial charge on any atom is -0.494 e. The van der Waals surface area contributed by atoms with Gasteiger partial charge in [-0.15, -0.1) is 0 Å². The Bertz CT molecular complexity index is 887. The van der Waals surface area contributed by atoms with Crippen molar-refractivity contribution in [2.75, 3.05) is 25.1 Å². The van der Waals surface area contributed by atoms with Crippen LogP contribution in [0.3, 0.4) is 0 Å². The zero-order valence-corrected chi connectivity index (χ0v) is 16.4. The number of hydrogen-bond donors (Lipinski definition) is 2. The van der Waals surface area contributed by atoms with Crippen LogP contribution in [0.5, 0.6) is 5.75 Å². The molecule has 2 rings (SSSR count). The van der Waals surface area contributed by atoms with Gasteiger partial charge < -0.3 is 20.1 Å². The lowest BCUT2D eigenvalue weighted by Crippen LogP contribution is -2.32. The van der Waals surface area contributed by atoms with Crippen molar-refractivity contribution in [2.45, 2.75) is 19.8 Å². The zero-order valence-electron chi connectivity index (χ0n) is 16.4. The Morgan fingerprint density at radius 3 is 2.40 bits per heavy atom. The largest absolute Gasteiger partial charge is 0.494 e. The topological polar surface area (TPSA) is 93.7 Å². The van der Waals surface area contributed by atoms with Crippen molar-refractivity contribution in [3.05, 3.63) is 59.7 Å². The molecule has 0 atom stereocenters. The van der Waals surface area contributed by atoms with Gasteiger partial charge in [0, 0.05) is 17.3 Å². The Labute approximate surface area is 172 Å². The molecule has 0 aliphatic rings. The van der Waals surface area contributed by atoms with Crippen LogP contribution in [-0.2, 0) is 14.3 Å². The van der Waals surface area contributed by atoms with Crippen LogP contribution in [0.15, 0.2) is 42.5 Å². The Morgan fingerprint density at radius 2 is 1.73 bits per heavy atom. The second kappa shape index (κ2) is 11.5. The average molecular weight is 420 g/mol. The summed E-state index contributed by atoms with van der Waals surface area (Å²) < 4.78 is 36.2. The molecule has 2 aromatic carbocycles. The standard InChI is InChI=1S/C21H22F2N2O5/c1-2-3-10-29-16-7-4-14(5-8-16)21(28)24-12-20(27)30-13-19(26)25-15-6-9-17(22)18(23)11-15/h4-9,11H,2-3,10,12-13H2,1H3,(H,24,28)(H,25,26). The summed E-state index contributed by atoms with van der Waals surface area (Å²) in [5, 5.41) is 4.64. The van der Waals surface area contributed by atoms with Crippen molar-refractivity contribution in [3.63, 3.8) is 0 Å². The van der Waals surface area contributed by atoms with Gasteiger partial charge in [0.05, 0.1) is 6.61 Å². The van der Waals surface area contributed by atoms with E-state index in [4.69, 9.17) is 9.47 Å². The maximum absolute atomic E-state index is 13.1. The first kappa shape index (κ1) is 22.8. The van der Waals surface area contributed by atoms with Crippen LogP contribution in [0.2, 0.25) is 0 Å². The summed E-state index contributed by atoms with van der Waals surface area (Å²) >= 11 is 0. The van der Waals surface area contributed by atoms with Gasteiger partial charge in [0.25, 0.3) is 11.8 Å². The molecule has 0 radical (unpaired) electrons. The molecule has 9 heteroatoms. The lowest BCUT2D eigenvalue weighted by molar-refractivity contribution is -0.146. The van der Waals surface area contributed by atoms with Crippen LogP contribution in [0.25, 0.3) is 0 Å². The molecule has 2 N–H and O–H groups in total. The smallest absolute Gasteiger partial charge is 0.325 e. The van der Waals surface area contributed by atoms with Gasteiger partial charge in [-0.2, -0.15) is 0 Å². The molecule has 0 saturated heterocycles. The van der Waals surface area contributed by atoms with E-state index in [0.717, 1.165) is 25.0 Å².